The molecule has 3 unspecified atom stereocenters. The Morgan fingerprint density at radius 2 is 2.28 bits per heavy atom. The zero-order valence-corrected chi connectivity index (χ0v) is 11.5. The molecule has 1 N–H and O–H groups in total. The number of carbonyl (C=O) groups is 1. The van der Waals surface area contributed by atoms with Crippen LogP contribution in [-0.2, 0) is 11.2 Å². The second kappa shape index (κ2) is 4.96. The molecule has 5 heteroatoms. The summed E-state index contributed by atoms with van der Waals surface area (Å²) in [7, 11) is 0. The van der Waals surface area contributed by atoms with Crippen molar-refractivity contribution < 1.29 is 4.79 Å². The highest BCUT2D eigenvalue weighted by Gasteiger charge is 2.43. The maximum Gasteiger partial charge on any atom is 0.229 e. The van der Waals surface area contributed by atoms with Crippen molar-refractivity contribution >= 4 is 22.4 Å². The lowest BCUT2D eigenvalue weighted by molar-refractivity contribution is -0.121. The number of hydrogen-bond donors (Lipinski definition) is 1. The third-order valence-electron chi connectivity index (χ3n) is 4.24. The largest absolute Gasteiger partial charge is 0.300 e. The highest BCUT2D eigenvalue weighted by Crippen LogP contribution is 2.48. The second-order valence-corrected chi connectivity index (χ2v) is 6.58. The standard InChI is InChI=1S/C13H19N3OS/c1-2-3-11-15-16-13(18-11)14-12(17)10-7-8-4-5-9(10)6-8/h8-10H,2-7H2,1H3,(H,14,16,17). The molecule has 0 saturated heterocycles. The molecule has 1 aromatic rings. The molecule has 0 spiro atoms. The van der Waals surface area contributed by atoms with E-state index in [1.54, 1.807) is 0 Å². The van der Waals surface area contributed by atoms with E-state index in [-0.39, 0.29) is 11.8 Å². The summed E-state index contributed by atoms with van der Waals surface area (Å²) >= 11 is 1.51. The van der Waals surface area contributed by atoms with Crippen LogP contribution in [0.2, 0.25) is 0 Å². The number of hydrogen-bond acceptors (Lipinski definition) is 4. The first kappa shape index (κ1) is 12.1. The minimum Gasteiger partial charge on any atom is -0.300 e. The minimum atomic E-state index is 0.168. The van der Waals surface area contributed by atoms with Crippen LogP contribution in [0.4, 0.5) is 5.13 Å². The number of rotatable bonds is 4. The van der Waals surface area contributed by atoms with Gasteiger partial charge in [-0.1, -0.05) is 24.7 Å². The van der Waals surface area contributed by atoms with Crippen molar-refractivity contribution in [2.24, 2.45) is 17.8 Å². The summed E-state index contributed by atoms with van der Waals surface area (Å²) in [6.45, 7) is 2.12. The second-order valence-electron chi connectivity index (χ2n) is 5.52. The summed E-state index contributed by atoms with van der Waals surface area (Å²) in [5, 5.41) is 12.8. The van der Waals surface area contributed by atoms with Crippen molar-refractivity contribution in [2.75, 3.05) is 5.32 Å². The fourth-order valence-electron chi connectivity index (χ4n) is 3.38. The fourth-order valence-corrected chi connectivity index (χ4v) is 4.23. The number of amides is 1. The van der Waals surface area contributed by atoms with E-state index in [4.69, 9.17) is 0 Å². The van der Waals surface area contributed by atoms with Gasteiger partial charge >= 0.3 is 0 Å². The third-order valence-corrected chi connectivity index (χ3v) is 5.13. The predicted molar refractivity (Wildman–Crippen MR) is 71.5 cm³/mol. The average molecular weight is 265 g/mol. The Balaban J connectivity index is 1.60. The van der Waals surface area contributed by atoms with Crippen LogP contribution in [0.1, 0.15) is 44.0 Å². The molecular weight excluding hydrogens is 246 g/mol. The topological polar surface area (TPSA) is 54.9 Å². The van der Waals surface area contributed by atoms with Crippen molar-refractivity contribution in [3.8, 4) is 0 Å². The zero-order valence-electron chi connectivity index (χ0n) is 10.7. The third kappa shape index (κ3) is 2.28. The molecule has 2 bridgehead atoms. The van der Waals surface area contributed by atoms with E-state index in [1.165, 1.54) is 30.6 Å². The molecule has 2 aliphatic carbocycles. The van der Waals surface area contributed by atoms with Crippen LogP contribution in [0.5, 0.6) is 0 Å². The van der Waals surface area contributed by atoms with Crippen LogP contribution >= 0.6 is 11.3 Å². The van der Waals surface area contributed by atoms with Gasteiger partial charge in [0.1, 0.15) is 5.01 Å². The number of nitrogens with zero attached hydrogens (tertiary/aromatic N) is 2. The molecule has 4 nitrogen and oxygen atoms in total. The van der Waals surface area contributed by atoms with E-state index in [0.717, 1.165) is 30.2 Å². The van der Waals surface area contributed by atoms with Gasteiger partial charge in [-0.05, 0) is 37.5 Å². The minimum absolute atomic E-state index is 0.168. The smallest absolute Gasteiger partial charge is 0.229 e. The summed E-state index contributed by atoms with van der Waals surface area (Å²) in [6.07, 6.45) is 6.91. The van der Waals surface area contributed by atoms with Crippen molar-refractivity contribution in [3.05, 3.63) is 5.01 Å². The Hall–Kier alpha value is -0.970. The van der Waals surface area contributed by atoms with Crippen LogP contribution in [0, 0.1) is 17.8 Å². The molecule has 0 aliphatic heterocycles. The number of aryl methyl sites for hydroxylation is 1. The molecule has 1 amide bonds. The molecule has 0 radical (unpaired) electrons. The Morgan fingerprint density at radius 3 is 2.94 bits per heavy atom. The van der Waals surface area contributed by atoms with Gasteiger partial charge in [0, 0.05) is 12.3 Å². The molecule has 2 aliphatic rings. The van der Waals surface area contributed by atoms with E-state index in [2.05, 4.69) is 22.4 Å². The first-order valence-corrected chi connectivity index (χ1v) is 7.71. The maximum absolute atomic E-state index is 12.2. The number of anilines is 1. The predicted octanol–water partition coefficient (Wildman–Crippen LogP) is 2.87. The van der Waals surface area contributed by atoms with Crippen LogP contribution in [0.25, 0.3) is 0 Å². The summed E-state index contributed by atoms with van der Waals surface area (Å²) < 4.78 is 0. The SMILES string of the molecule is CCCc1nnc(NC(=O)C2CC3CCC2C3)s1. The zero-order chi connectivity index (χ0) is 12.5. The van der Waals surface area contributed by atoms with Crippen LogP contribution in [-0.4, -0.2) is 16.1 Å². The van der Waals surface area contributed by atoms with E-state index in [1.807, 2.05) is 0 Å². The van der Waals surface area contributed by atoms with Crippen molar-refractivity contribution in [1.29, 1.82) is 0 Å². The first-order valence-electron chi connectivity index (χ1n) is 6.89. The molecule has 1 aromatic heterocycles. The highest BCUT2D eigenvalue weighted by molar-refractivity contribution is 7.15. The van der Waals surface area contributed by atoms with Crippen molar-refractivity contribution in [1.82, 2.24) is 10.2 Å². The van der Waals surface area contributed by atoms with Gasteiger partial charge in [-0.15, -0.1) is 10.2 Å². The molecular formula is C13H19N3OS. The van der Waals surface area contributed by atoms with Crippen LogP contribution < -0.4 is 5.32 Å². The average Bonchev–Trinajstić information content (AvgIpc) is 3.05. The van der Waals surface area contributed by atoms with Crippen molar-refractivity contribution in [3.63, 3.8) is 0 Å². The van der Waals surface area contributed by atoms with Gasteiger partial charge in [0.15, 0.2) is 0 Å². The Bertz CT molecular complexity index is 445. The van der Waals surface area contributed by atoms with Gasteiger partial charge in [-0.25, -0.2) is 0 Å². The summed E-state index contributed by atoms with van der Waals surface area (Å²) in [6, 6.07) is 0. The Kier molecular flexibility index (Phi) is 3.33. The van der Waals surface area contributed by atoms with E-state index in [9.17, 15) is 4.79 Å². The molecule has 2 saturated carbocycles. The van der Waals surface area contributed by atoms with Gasteiger partial charge in [0.05, 0.1) is 0 Å². The quantitative estimate of drug-likeness (QED) is 0.910. The van der Waals surface area contributed by atoms with Gasteiger partial charge in [-0.3, -0.25) is 4.79 Å². The van der Waals surface area contributed by atoms with Crippen molar-refractivity contribution in [2.45, 2.75) is 45.4 Å². The normalized spacial score (nSPS) is 29.7. The summed E-state index contributed by atoms with van der Waals surface area (Å²) in [5.74, 6) is 1.82. The lowest BCUT2D eigenvalue weighted by Gasteiger charge is -2.19. The van der Waals surface area contributed by atoms with E-state index in [0.29, 0.717) is 11.0 Å². The molecule has 0 aromatic carbocycles. The lowest BCUT2D eigenvalue weighted by atomic mass is 9.88. The van der Waals surface area contributed by atoms with E-state index >= 15 is 0 Å². The van der Waals surface area contributed by atoms with Gasteiger partial charge in [-0.2, -0.15) is 0 Å². The monoisotopic (exact) mass is 265 g/mol. The van der Waals surface area contributed by atoms with E-state index < -0.39 is 0 Å². The Labute approximate surface area is 111 Å². The maximum atomic E-state index is 12.2. The number of carbonyl (C=O) groups excluding carboxylic acids is 1. The summed E-state index contributed by atoms with van der Waals surface area (Å²) in [5.41, 5.74) is 0. The van der Waals surface area contributed by atoms with Gasteiger partial charge < -0.3 is 5.32 Å². The van der Waals surface area contributed by atoms with Crippen LogP contribution in [0.3, 0.4) is 0 Å². The molecule has 3 atom stereocenters. The molecule has 98 valence electrons. The van der Waals surface area contributed by atoms with Crippen LogP contribution in [0.15, 0.2) is 0 Å². The van der Waals surface area contributed by atoms with Gasteiger partial charge in [0.2, 0.25) is 11.0 Å². The number of aromatic nitrogens is 2. The lowest BCUT2D eigenvalue weighted by Crippen LogP contribution is -2.27. The highest BCUT2D eigenvalue weighted by atomic mass is 32.1. The molecule has 3 rings (SSSR count). The summed E-state index contributed by atoms with van der Waals surface area (Å²) in [4.78, 5) is 12.2. The fraction of sp³-hybridized carbons (Fsp3) is 0.769. The number of nitrogens with one attached hydrogen (secondary N) is 1. The molecule has 1 heterocycles. The first-order chi connectivity index (χ1) is 8.76. The molecule has 18 heavy (non-hydrogen) atoms. The number of fused-ring (bicyclic) bond motifs is 2. The van der Waals surface area contributed by atoms with Gasteiger partial charge in [0.25, 0.3) is 0 Å². The molecule has 2 fully saturated rings. The Morgan fingerprint density at radius 1 is 1.39 bits per heavy atom.